The summed E-state index contributed by atoms with van der Waals surface area (Å²) in [5, 5.41) is 4.34. The van der Waals surface area contributed by atoms with Gasteiger partial charge in [-0.3, -0.25) is 4.98 Å². The molecule has 4 aromatic rings. The average Bonchev–Trinajstić information content (AvgIpc) is 3.58. The van der Waals surface area contributed by atoms with E-state index in [-0.39, 0.29) is 6.04 Å². The summed E-state index contributed by atoms with van der Waals surface area (Å²) in [5.41, 5.74) is 2.60. The molecule has 5 rings (SSSR count). The van der Waals surface area contributed by atoms with Crippen molar-refractivity contribution in [2.75, 3.05) is 32.3 Å². The lowest BCUT2D eigenvalue weighted by Gasteiger charge is -2.26. The van der Waals surface area contributed by atoms with Gasteiger partial charge in [0.1, 0.15) is 29.9 Å². The number of carbonyl (C=O) groups is 1. The van der Waals surface area contributed by atoms with Crippen LogP contribution in [-0.4, -0.2) is 43.5 Å². The van der Waals surface area contributed by atoms with Crippen LogP contribution in [0.15, 0.2) is 83.4 Å². The van der Waals surface area contributed by atoms with Crippen molar-refractivity contribution in [1.82, 2.24) is 10.3 Å². The van der Waals surface area contributed by atoms with Gasteiger partial charge in [-0.05, 0) is 60.7 Å². The first kappa shape index (κ1) is 26.7. The monoisotopic (exact) mass is 563 g/mol. The van der Waals surface area contributed by atoms with Crippen LogP contribution in [0.5, 0.6) is 5.75 Å². The number of benzene rings is 2. The van der Waals surface area contributed by atoms with Gasteiger partial charge in [0.15, 0.2) is 5.11 Å². The molecule has 2 atom stereocenters. The van der Waals surface area contributed by atoms with Crippen LogP contribution in [-0.2, 0) is 9.47 Å². The Morgan fingerprint density at radius 1 is 1.08 bits per heavy atom. The summed E-state index contributed by atoms with van der Waals surface area (Å²) in [6, 6.07) is 21.4. The van der Waals surface area contributed by atoms with Crippen molar-refractivity contribution in [2.45, 2.75) is 12.1 Å². The van der Waals surface area contributed by atoms with Crippen molar-refractivity contribution in [3.8, 4) is 17.1 Å². The van der Waals surface area contributed by atoms with Crippen LogP contribution in [0.2, 0.25) is 5.02 Å². The van der Waals surface area contributed by atoms with E-state index >= 15 is 0 Å². The van der Waals surface area contributed by atoms with Crippen LogP contribution in [0.4, 0.5) is 5.69 Å². The molecule has 1 fully saturated rings. The molecule has 2 aromatic heterocycles. The van der Waals surface area contributed by atoms with Crippen molar-refractivity contribution in [2.24, 2.45) is 0 Å². The fraction of sp³-hybridized carbons (Fsp3) is 0.207. The fourth-order valence-corrected chi connectivity index (χ4v) is 5.13. The van der Waals surface area contributed by atoms with Crippen LogP contribution in [0, 0.1) is 0 Å². The van der Waals surface area contributed by atoms with Gasteiger partial charge in [0.2, 0.25) is 0 Å². The second-order valence-electron chi connectivity index (χ2n) is 8.69. The molecular weight excluding hydrogens is 538 g/mol. The summed E-state index contributed by atoms with van der Waals surface area (Å²) in [4.78, 5) is 18.9. The molecule has 1 aliphatic heterocycles. The van der Waals surface area contributed by atoms with Crippen LogP contribution >= 0.6 is 23.8 Å². The number of nitrogens with one attached hydrogen (secondary N) is 1. The SMILES string of the molecule is COCCOc1ccc(N2C(=S)N[C@@H](c3ccccn3)[C@@H]2c2ccc(-c3ccccc3C(=O)OC)o2)cc1Cl. The molecule has 39 heavy (non-hydrogen) atoms. The number of thiocarbonyl (C=S) groups is 1. The van der Waals surface area contributed by atoms with E-state index in [0.717, 1.165) is 11.4 Å². The Hall–Kier alpha value is -3.92. The number of pyridine rings is 1. The van der Waals surface area contributed by atoms with Gasteiger partial charge in [-0.2, -0.15) is 0 Å². The zero-order valence-corrected chi connectivity index (χ0v) is 22.9. The first-order valence-corrected chi connectivity index (χ1v) is 13.0. The molecular formula is C29H26ClN3O5S. The third-order valence-electron chi connectivity index (χ3n) is 6.35. The molecule has 0 spiro atoms. The number of hydrogen-bond donors (Lipinski definition) is 1. The van der Waals surface area contributed by atoms with Crippen LogP contribution in [0.25, 0.3) is 11.3 Å². The zero-order chi connectivity index (χ0) is 27.4. The second kappa shape index (κ2) is 11.9. The molecule has 0 aliphatic carbocycles. The first-order valence-electron chi connectivity index (χ1n) is 12.2. The number of esters is 1. The number of nitrogens with zero attached hydrogens (tertiary/aromatic N) is 2. The number of aromatic nitrogens is 1. The summed E-state index contributed by atoms with van der Waals surface area (Å²) in [6.07, 6.45) is 1.74. The van der Waals surface area contributed by atoms with Crippen molar-refractivity contribution in [3.05, 3.63) is 101 Å². The number of ether oxygens (including phenoxy) is 3. The number of carbonyl (C=O) groups excluding carboxylic acids is 1. The van der Waals surface area contributed by atoms with Crippen LogP contribution in [0.3, 0.4) is 0 Å². The number of anilines is 1. The lowest BCUT2D eigenvalue weighted by molar-refractivity contribution is 0.0601. The van der Waals surface area contributed by atoms with E-state index in [1.54, 1.807) is 31.5 Å². The predicted octanol–water partition coefficient (Wildman–Crippen LogP) is 5.98. The molecule has 3 heterocycles. The highest BCUT2D eigenvalue weighted by Crippen LogP contribution is 2.44. The van der Waals surface area contributed by atoms with Gasteiger partial charge < -0.3 is 28.8 Å². The van der Waals surface area contributed by atoms with Crippen molar-refractivity contribution < 1.29 is 23.4 Å². The summed E-state index contributed by atoms with van der Waals surface area (Å²) in [7, 11) is 2.97. The van der Waals surface area contributed by atoms with Crippen molar-refractivity contribution in [3.63, 3.8) is 0 Å². The molecule has 0 bridgehead atoms. The summed E-state index contributed by atoms with van der Waals surface area (Å²) >= 11 is 12.4. The van der Waals surface area contributed by atoms with Gasteiger partial charge in [-0.1, -0.05) is 35.9 Å². The highest BCUT2D eigenvalue weighted by molar-refractivity contribution is 7.80. The van der Waals surface area contributed by atoms with Crippen LogP contribution in [0.1, 0.15) is 33.9 Å². The Morgan fingerprint density at radius 2 is 1.90 bits per heavy atom. The van der Waals surface area contributed by atoms with Gasteiger partial charge in [0.25, 0.3) is 0 Å². The number of rotatable bonds is 9. The molecule has 2 aromatic carbocycles. The summed E-state index contributed by atoms with van der Waals surface area (Å²) in [6.45, 7) is 0.831. The van der Waals surface area contributed by atoms with Gasteiger partial charge in [-0.15, -0.1) is 0 Å². The fourth-order valence-electron chi connectivity index (χ4n) is 4.56. The molecule has 0 unspecified atom stereocenters. The Labute approximate surface area is 236 Å². The van der Waals surface area contributed by atoms with E-state index in [0.29, 0.717) is 51.7 Å². The van der Waals surface area contributed by atoms with Crippen molar-refractivity contribution in [1.29, 1.82) is 0 Å². The van der Waals surface area contributed by atoms with Gasteiger partial charge in [0, 0.05) is 24.6 Å². The normalized spacial score (nSPS) is 16.7. The van der Waals surface area contributed by atoms with E-state index in [1.165, 1.54) is 7.11 Å². The van der Waals surface area contributed by atoms with E-state index < -0.39 is 12.0 Å². The lowest BCUT2D eigenvalue weighted by Crippen LogP contribution is -2.29. The Balaban J connectivity index is 1.55. The molecule has 200 valence electrons. The van der Waals surface area contributed by atoms with E-state index in [9.17, 15) is 4.79 Å². The third kappa shape index (κ3) is 5.47. The number of methoxy groups -OCH3 is 2. The first-order chi connectivity index (χ1) is 19.0. The highest BCUT2D eigenvalue weighted by atomic mass is 35.5. The standard InChI is InChI=1S/C29H26ClN3O5S/c1-35-15-16-37-24-11-10-18(17-21(24)30)33-27(26(32-29(33)39)22-9-5-6-14-31-22)25-13-12-23(38-25)19-7-3-4-8-20(19)28(34)36-2/h3-14,17,26-27H,15-16H2,1-2H3,(H,32,39)/t26-,27-/m0/s1. The van der Waals surface area contributed by atoms with E-state index in [2.05, 4.69) is 10.3 Å². The van der Waals surface area contributed by atoms with Gasteiger partial charge in [-0.25, -0.2) is 4.79 Å². The lowest BCUT2D eigenvalue weighted by atomic mass is 10.0. The largest absolute Gasteiger partial charge is 0.490 e. The predicted molar refractivity (Wildman–Crippen MR) is 152 cm³/mol. The maximum absolute atomic E-state index is 12.4. The minimum atomic E-state index is -0.442. The molecule has 1 saturated heterocycles. The highest BCUT2D eigenvalue weighted by Gasteiger charge is 2.43. The summed E-state index contributed by atoms with van der Waals surface area (Å²) in [5.74, 6) is 1.27. The van der Waals surface area contributed by atoms with Gasteiger partial charge >= 0.3 is 5.97 Å². The molecule has 0 amide bonds. The van der Waals surface area contributed by atoms with Crippen LogP contribution < -0.4 is 15.0 Å². The maximum Gasteiger partial charge on any atom is 0.338 e. The molecule has 1 N–H and O–H groups in total. The van der Waals surface area contributed by atoms with E-state index in [1.807, 2.05) is 59.5 Å². The molecule has 1 aliphatic rings. The third-order valence-corrected chi connectivity index (χ3v) is 6.96. The smallest absolute Gasteiger partial charge is 0.338 e. The quantitative estimate of drug-likeness (QED) is 0.150. The number of halogens is 1. The zero-order valence-electron chi connectivity index (χ0n) is 21.3. The maximum atomic E-state index is 12.4. The average molecular weight is 564 g/mol. The molecule has 0 saturated carbocycles. The minimum absolute atomic E-state index is 0.315. The Kier molecular flexibility index (Phi) is 8.11. The summed E-state index contributed by atoms with van der Waals surface area (Å²) < 4.78 is 22.2. The number of furan rings is 1. The Bertz CT molecular complexity index is 1480. The number of hydrogen-bond acceptors (Lipinski definition) is 7. The molecule has 8 nitrogen and oxygen atoms in total. The van der Waals surface area contributed by atoms with E-state index in [4.69, 9.17) is 42.4 Å². The van der Waals surface area contributed by atoms with Crippen molar-refractivity contribution >= 4 is 40.6 Å². The molecule has 10 heteroatoms. The van der Waals surface area contributed by atoms with Gasteiger partial charge in [0.05, 0.1) is 36.0 Å². The minimum Gasteiger partial charge on any atom is -0.490 e. The molecule has 0 radical (unpaired) electrons. The second-order valence-corrected chi connectivity index (χ2v) is 9.49. The topological polar surface area (TPSA) is 86.1 Å². The Morgan fingerprint density at radius 3 is 2.64 bits per heavy atom.